The number of hydrogen-bond acceptors (Lipinski definition) is 1. The second-order valence-electron chi connectivity index (χ2n) is 6.15. The van der Waals surface area contributed by atoms with Crippen molar-refractivity contribution in [3.8, 4) is 6.07 Å². The molecular formula is C19H21F2N. The molecule has 0 saturated heterocycles. The molecule has 2 aliphatic rings. The number of allylic oxidation sites excluding steroid dienone is 1. The van der Waals surface area contributed by atoms with E-state index in [2.05, 4.69) is 6.58 Å². The predicted octanol–water partition coefficient (Wildman–Crippen LogP) is 5.32. The predicted molar refractivity (Wildman–Crippen MR) is 82.2 cm³/mol. The summed E-state index contributed by atoms with van der Waals surface area (Å²) in [6, 6.07) is 3.27. The van der Waals surface area contributed by atoms with Crippen LogP contribution in [0.4, 0.5) is 8.78 Å². The molecule has 22 heavy (non-hydrogen) atoms. The highest BCUT2D eigenvalue weighted by Crippen LogP contribution is 2.47. The van der Waals surface area contributed by atoms with Gasteiger partial charge in [-0.05, 0) is 79.8 Å². The van der Waals surface area contributed by atoms with Crippen LogP contribution in [0, 0.1) is 40.7 Å². The summed E-state index contributed by atoms with van der Waals surface area (Å²) >= 11 is 0. The molecule has 2 aliphatic carbocycles. The molecule has 1 aromatic rings. The molecule has 1 aromatic carbocycles. The SMILES string of the molecule is [2H]C1([2H])CC2CC(C=C)CCC2C([2H])([2H])C1c1cc(F)c(C#N)c(F)c1. The van der Waals surface area contributed by atoms with Crippen molar-refractivity contribution in [2.45, 2.75) is 44.3 Å². The van der Waals surface area contributed by atoms with Gasteiger partial charge in [-0.3, -0.25) is 0 Å². The van der Waals surface area contributed by atoms with Crippen molar-refractivity contribution in [1.29, 1.82) is 5.26 Å². The molecule has 4 unspecified atom stereocenters. The van der Waals surface area contributed by atoms with Crippen LogP contribution in [0.15, 0.2) is 24.8 Å². The van der Waals surface area contributed by atoms with Crippen LogP contribution in [0.1, 0.15) is 61.0 Å². The minimum atomic E-state index is -1.94. The van der Waals surface area contributed by atoms with E-state index in [9.17, 15) is 8.78 Å². The molecule has 0 N–H and O–H groups in total. The molecule has 0 radical (unpaired) electrons. The van der Waals surface area contributed by atoms with Gasteiger partial charge in [0.25, 0.3) is 0 Å². The van der Waals surface area contributed by atoms with Crippen molar-refractivity contribution in [1.82, 2.24) is 0 Å². The zero-order valence-electron chi connectivity index (χ0n) is 16.3. The average Bonchev–Trinajstić information content (AvgIpc) is 2.52. The zero-order valence-corrected chi connectivity index (χ0v) is 12.3. The summed E-state index contributed by atoms with van der Waals surface area (Å²) in [5.41, 5.74) is -0.784. The van der Waals surface area contributed by atoms with Crippen molar-refractivity contribution in [2.24, 2.45) is 17.8 Å². The maximum absolute atomic E-state index is 14.1. The highest BCUT2D eigenvalue weighted by atomic mass is 19.1. The number of rotatable bonds is 2. The molecule has 0 aliphatic heterocycles. The van der Waals surface area contributed by atoms with E-state index in [0.29, 0.717) is 12.8 Å². The van der Waals surface area contributed by atoms with Crippen molar-refractivity contribution in [3.63, 3.8) is 0 Å². The molecule has 0 amide bonds. The smallest absolute Gasteiger partial charge is 0.144 e. The monoisotopic (exact) mass is 305 g/mol. The van der Waals surface area contributed by atoms with Gasteiger partial charge in [-0.2, -0.15) is 5.26 Å². The standard InChI is InChI=1S/C19H21F2N/c1-2-12-3-4-14-8-15(6-5-13(14)7-12)16-9-18(20)17(11-22)19(21)10-16/h2,9-10,12-15H,1,3-8H2/i6D2,8D2. The molecule has 3 heteroatoms. The van der Waals surface area contributed by atoms with Gasteiger partial charge in [-0.25, -0.2) is 8.78 Å². The van der Waals surface area contributed by atoms with Crippen LogP contribution >= 0.6 is 0 Å². The number of benzene rings is 1. The lowest BCUT2D eigenvalue weighted by molar-refractivity contribution is 0.133. The van der Waals surface area contributed by atoms with Crippen LogP contribution in [-0.2, 0) is 0 Å². The Balaban J connectivity index is 2.05. The molecule has 1 nitrogen and oxygen atoms in total. The Morgan fingerprint density at radius 1 is 1.23 bits per heavy atom. The summed E-state index contributed by atoms with van der Waals surface area (Å²) in [5, 5.41) is 8.82. The molecule has 0 heterocycles. The van der Waals surface area contributed by atoms with Gasteiger partial charge < -0.3 is 0 Å². The van der Waals surface area contributed by atoms with E-state index in [1.54, 1.807) is 0 Å². The lowest BCUT2D eigenvalue weighted by Gasteiger charge is -2.41. The molecule has 0 bridgehead atoms. The summed E-state index contributed by atoms with van der Waals surface area (Å²) in [6.45, 7) is 3.80. The lowest BCUT2D eigenvalue weighted by atomic mass is 9.64. The molecule has 0 spiro atoms. The topological polar surface area (TPSA) is 23.8 Å². The van der Waals surface area contributed by atoms with E-state index in [4.69, 9.17) is 10.7 Å². The quantitative estimate of drug-likeness (QED) is 0.678. The first-order chi connectivity index (χ1) is 12.1. The number of nitriles is 1. The van der Waals surface area contributed by atoms with Gasteiger partial charge in [0, 0.05) is 5.48 Å². The maximum atomic E-state index is 14.1. The molecule has 0 aromatic heterocycles. The van der Waals surface area contributed by atoms with Crippen LogP contribution in [0.5, 0.6) is 0 Å². The number of halogens is 2. The molecular weight excluding hydrogens is 280 g/mol. The second-order valence-corrected chi connectivity index (χ2v) is 6.15. The summed E-state index contributed by atoms with van der Waals surface area (Å²) in [5.74, 6) is -3.67. The number of nitrogens with zero attached hydrogens (tertiary/aromatic N) is 1. The normalized spacial score (nSPS) is 38.4. The average molecular weight is 305 g/mol. The summed E-state index contributed by atoms with van der Waals surface area (Å²) < 4.78 is 62.4. The molecule has 116 valence electrons. The third kappa shape index (κ3) is 2.79. The minimum Gasteiger partial charge on any atom is -0.205 e. The lowest BCUT2D eigenvalue weighted by Crippen LogP contribution is -2.30. The van der Waals surface area contributed by atoms with E-state index in [-0.39, 0.29) is 29.7 Å². The first kappa shape index (κ1) is 10.9. The molecule has 4 atom stereocenters. The first-order valence-corrected chi connectivity index (χ1v) is 7.63. The minimum absolute atomic E-state index is 0.0571. The number of hydrogen-bond donors (Lipinski definition) is 0. The van der Waals surface area contributed by atoms with E-state index >= 15 is 0 Å². The zero-order chi connectivity index (χ0) is 19.3. The first-order valence-electron chi connectivity index (χ1n) is 9.63. The van der Waals surface area contributed by atoms with Gasteiger partial charge in [0.2, 0.25) is 0 Å². The molecule has 2 saturated carbocycles. The van der Waals surface area contributed by atoms with E-state index < -0.39 is 35.9 Å². The van der Waals surface area contributed by atoms with E-state index in [1.165, 1.54) is 6.07 Å². The van der Waals surface area contributed by atoms with Gasteiger partial charge in [-0.15, -0.1) is 6.58 Å². The van der Waals surface area contributed by atoms with Gasteiger partial charge >= 0.3 is 0 Å². The Kier molecular flexibility index (Phi) is 3.08. The summed E-state index contributed by atoms with van der Waals surface area (Å²) in [7, 11) is 0. The maximum Gasteiger partial charge on any atom is 0.144 e. The summed E-state index contributed by atoms with van der Waals surface area (Å²) in [4.78, 5) is 0. The highest BCUT2D eigenvalue weighted by Gasteiger charge is 2.35. The van der Waals surface area contributed by atoms with Gasteiger partial charge in [-0.1, -0.05) is 6.08 Å². The fourth-order valence-corrected chi connectivity index (χ4v) is 3.58. The highest BCUT2D eigenvalue weighted by molar-refractivity contribution is 5.36. The molecule has 2 fully saturated rings. The van der Waals surface area contributed by atoms with Crippen molar-refractivity contribution in [2.75, 3.05) is 0 Å². The van der Waals surface area contributed by atoms with E-state index in [0.717, 1.165) is 18.6 Å². The Labute approximate surface area is 136 Å². The van der Waals surface area contributed by atoms with Crippen LogP contribution in [-0.4, -0.2) is 0 Å². The van der Waals surface area contributed by atoms with Crippen LogP contribution in [0.3, 0.4) is 0 Å². The summed E-state index contributed by atoms with van der Waals surface area (Å²) in [6.07, 6.45) is 0.189. The number of fused-ring (bicyclic) bond motifs is 1. The van der Waals surface area contributed by atoms with Crippen LogP contribution < -0.4 is 0 Å². The van der Waals surface area contributed by atoms with Crippen molar-refractivity contribution >= 4 is 0 Å². The Bertz CT molecular complexity index is 748. The Hall–Kier alpha value is -1.69. The fraction of sp³-hybridized carbons (Fsp3) is 0.526. The van der Waals surface area contributed by atoms with E-state index in [1.807, 2.05) is 6.08 Å². The Morgan fingerprint density at radius 2 is 1.95 bits per heavy atom. The van der Waals surface area contributed by atoms with Crippen LogP contribution in [0.25, 0.3) is 0 Å². The second kappa shape index (κ2) is 6.20. The van der Waals surface area contributed by atoms with Crippen molar-refractivity contribution in [3.05, 3.63) is 47.5 Å². The van der Waals surface area contributed by atoms with Gasteiger partial charge in [0.15, 0.2) is 0 Å². The third-order valence-electron chi connectivity index (χ3n) is 4.83. The van der Waals surface area contributed by atoms with Crippen LogP contribution in [0.2, 0.25) is 0 Å². The third-order valence-corrected chi connectivity index (χ3v) is 4.83. The largest absolute Gasteiger partial charge is 0.205 e. The molecule has 3 rings (SSSR count). The van der Waals surface area contributed by atoms with Crippen molar-refractivity contribution < 1.29 is 14.3 Å². The van der Waals surface area contributed by atoms with Gasteiger partial charge in [0.05, 0.1) is 0 Å². The van der Waals surface area contributed by atoms with Gasteiger partial charge in [0.1, 0.15) is 23.3 Å². The fourth-order valence-electron chi connectivity index (χ4n) is 3.58. The Morgan fingerprint density at radius 3 is 2.59 bits per heavy atom.